The van der Waals surface area contributed by atoms with Crippen molar-refractivity contribution in [2.24, 2.45) is 0 Å². The summed E-state index contributed by atoms with van der Waals surface area (Å²) in [5.41, 5.74) is 1.05. The van der Waals surface area contributed by atoms with E-state index in [1.807, 2.05) is 0 Å². The van der Waals surface area contributed by atoms with E-state index in [-0.39, 0.29) is 12.1 Å². The number of ketones is 1. The third kappa shape index (κ3) is 2.24. The van der Waals surface area contributed by atoms with E-state index in [1.54, 1.807) is 6.92 Å². The van der Waals surface area contributed by atoms with Crippen LogP contribution in [0.2, 0.25) is 0 Å². The number of hydrogen-bond donors (Lipinski definition) is 0. The molecule has 1 aromatic carbocycles. The summed E-state index contributed by atoms with van der Waals surface area (Å²) < 4.78 is 23.4. The number of fused-ring (bicyclic) bond motifs is 1. The first kappa shape index (κ1) is 13.6. The predicted molar refractivity (Wildman–Crippen MR) is 65.6 cm³/mol. The van der Waals surface area contributed by atoms with Crippen molar-refractivity contribution in [2.75, 3.05) is 25.7 Å². The van der Waals surface area contributed by atoms with Crippen LogP contribution in [0.1, 0.15) is 15.9 Å². The molecule has 0 bridgehead atoms. The van der Waals surface area contributed by atoms with Gasteiger partial charge in [-0.3, -0.25) is 14.5 Å². The van der Waals surface area contributed by atoms with Gasteiger partial charge in [-0.15, -0.1) is 0 Å². The lowest BCUT2D eigenvalue weighted by Gasteiger charge is -2.23. The number of Topliss-reactive ketones (excluding diaryl/α,β-unsaturated/α-hetero) is 1. The van der Waals surface area contributed by atoms with Crippen LogP contribution in [0.5, 0.6) is 0 Å². The van der Waals surface area contributed by atoms with Gasteiger partial charge in [0.15, 0.2) is 6.29 Å². The summed E-state index contributed by atoms with van der Waals surface area (Å²) in [4.78, 5) is 25.0. The normalized spacial score (nSPS) is 14.5. The van der Waals surface area contributed by atoms with E-state index < -0.39 is 23.8 Å². The first-order chi connectivity index (χ1) is 8.99. The number of hydrogen-bond acceptors (Lipinski definition) is 4. The highest BCUT2D eigenvalue weighted by molar-refractivity contribution is 6.52. The van der Waals surface area contributed by atoms with Gasteiger partial charge in [0.1, 0.15) is 5.82 Å². The van der Waals surface area contributed by atoms with Gasteiger partial charge in [-0.25, -0.2) is 4.39 Å². The number of methoxy groups -OCH3 is 2. The molecule has 1 heterocycles. The summed E-state index contributed by atoms with van der Waals surface area (Å²) in [6.45, 7) is 1.73. The second-order valence-corrected chi connectivity index (χ2v) is 4.26. The Hall–Kier alpha value is -1.79. The van der Waals surface area contributed by atoms with E-state index in [1.165, 1.54) is 25.2 Å². The molecule has 5 nitrogen and oxygen atoms in total. The summed E-state index contributed by atoms with van der Waals surface area (Å²) in [5, 5.41) is 0. The molecule has 0 N–H and O–H groups in total. The minimum absolute atomic E-state index is 0.0804. The molecule has 1 amide bonds. The van der Waals surface area contributed by atoms with E-state index >= 15 is 0 Å². The minimum atomic E-state index is -0.705. The first-order valence-corrected chi connectivity index (χ1v) is 5.71. The fraction of sp³-hybridized carbons (Fsp3) is 0.385. The fourth-order valence-corrected chi connectivity index (χ4v) is 2.17. The molecule has 19 heavy (non-hydrogen) atoms. The van der Waals surface area contributed by atoms with Crippen molar-refractivity contribution in [2.45, 2.75) is 13.2 Å². The molecule has 0 radical (unpaired) electrons. The molecular weight excluding hydrogens is 253 g/mol. The number of anilines is 1. The number of ether oxygens (including phenoxy) is 2. The van der Waals surface area contributed by atoms with Crippen LogP contribution in [0.15, 0.2) is 12.1 Å². The third-order valence-corrected chi connectivity index (χ3v) is 3.08. The molecule has 0 aromatic heterocycles. The minimum Gasteiger partial charge on any atom is -0.354 e. The largest absolute Gasteiger partial charge is 0.354 e. The van der Waals surface area contributed by atoms with E-state index in [4.69, 9.17) is 9.47 Å². The molecule has 0 unspecified atom stereocenters. The van der Waals surface area contributed by atoms with Crippen LogP contribution in [0, 0.1) is 12.7 Å². The molecule has 1 aliphatic rings. The number of nitrogens with zero attached hydrogens (tertiary/aromatic N) is 1. The second-order valence-electron chi connectivity index (χ2n) is 4.26. The zero-order valence-corrected chi connectivity index (χ0v) is 10.9. The maximum atomic E-state index is 13.3. The SMILES string of the molecule is COC(CN1C(=O)C(=O)c2cc(F)cc(C)c21)OC. The topological polar surface area (TPSA) is 55.8 Å². The number of halogens is 1. The van der Waals surface area contributed by atoms with E-state index in [2.05, 4.69) is 0 Å². The smallest absolute Gasteiger partial charge is 0.299 e. The monoisotopic (exact) mass is 267 g/mol. The highest BCUT2D eigenvalue weighted by atomic mass is 19.1. The van der Waals surface area contributed by atoms with Crippen molar-refractivity contribution in [3.8, 4) is 0 Å². The molecule has 0 atom stereocenters. The lowest BCUT2D eigenvalue weighted by molar-refractivity contribution is -0.119. The Balaban J connectivity index is 2.44. The Labute approximate surface area is 109 Å². The molecule has 102 valence electrons. The molecule has 2 rings (SSSR count). The van der Waals surface area contributed by atoms with Crippen LogP contribution in [0.25, 0.3) is 0 Å². The fourth-order valence-electron chi connectivity index (χ4n) is 2.17. The Morgan fingerprint density at radius 3 is 2.47 bits per heavy atom. The zero-order valence-electron chi connectivity index (χ0n) is 10.9. The van der Waals surface area contributed by atoms with Gasteiger partial charge in [-0.05, 0) is 24.6 Å². The van der Waals surface area contributed by atoms with Crippen molar-refractivity contribution in [1.82, 2.24) is 0 Å². The molecule has 0 spiro atoms. The van der Waals surface area contributed by atoms with Crippen LogP contribution >= 0.6 is 0 Å². The van der Waals surface area contributed by atoms with Crippen molar-refractivity contribution >= 4 is 17.4 Å². The van der Waals surface area contributed by atoms with Gasteiger partial charge >= 0.3 is 0 Å². The molecular formula is C13H14FNO4. The van der Waals surface area contributed by atoms with Gasteiger partial charge < -0.3 is 9.47 Å². The van der Waals surface area contributed by atoms with Crippen molar-refractivity contribution in [3.05, 3.63) is 29.1 Å². The summed E-state index contributed by atoms with van der Waals surface area (Å²) in [5.74, 6) is -1.93. The highest BCUT2D eigenvalue weighted by Crippen LogP contribution is 2.33. The number of carbonyl (C=O) groups excluding carboxylic acids is 2. The van der Waals surface area contributed by atoms with Crippen LogP contribution < -0.4 is 4.90 Å². The standard InChI is InChI=1S/C13H14FNO4/c1-7-4-8(14)5-9-11(7)15(13(17)12(9)16)6-10(18-2)19-3/h4-5,10H,6H2,1-3H3. The number of carbonyl (C=O) groups is 2. The van der Waals surface area contributed by atoms with E-state index in [9.17, 15) is 14.0 Å². The second kappa shape index (κ2) is 5.07. The van der Waals surface area contributed by atoms with E-state index in [0.717, 1.165) is 6.07 Å². The number of aryl methyl sites for hydroxylation is 1. The maximum absolute atomic E-state index is 13.3. The molecule has 1 aliphatic heterocycles. The summed E-state index contributed by atoms with van der Waals surface area (Å²) in [6.07, 6.45) is -0.646. The number of benzene rings is 1. The van der Waals surface area contributed by atoms with Gasteiger partial charge in [-0.2, -0.15) is 0 Å². The molecule has 1 aromatic rings. The highest BCUT2D eigenvalue weighted by Gasteiger charge is 2.38. The predicted octanol–water partition coefficient (Wildman–Crippen LogP) is 1.28. The molecule has 0 saturated carbocycles. The Bertz CT molecular complexity index is 540. The van der Waals surface area contributed by atoms with Crippen LogP contribution in [-0.2, 0) is 14.3 Å². The van der Waals surface area contributed by atoms with Gasteiger partial charge in [0.25, 0.3) is 11.7 Å². The molecule has 0 fully saturated rings. The number of rotatable bonds is 4. The van der Waals surface area contributed by atoms with Crippen LogP contribution in [-0.4, -0.2) is 38.7 Å². The zero-order chi connectivity index (χ0) is 14.2. The lowest BCUT2D eigenvalue weighted by atomic mass is 10.1. The van der Waals surface area contributed by atoms with E-state index in [0.29, 0.717) is 11.3 Å². The molecule has 6 heteroatoms. The average Bonchev–Trinajstić information content (AvgIpc) is 2.61. The van der Waals surface area contributed by atoms with Gasteiger partial charge in [0.2, 0.25) is 0 Å². The molecule has 0 aliphatic carbocycles. The Morgan fingerprint density at radius 2 is 1.89 bits per heavy atom. The van der Waals surface area contributed by atoms with Crippen molar-refractivity contribution in [1.29, 1.82) is 0 Å². The van der Waals surface area contributed by atoms with Gasteiger partial charge in [0.05, 0.1) is 17.8 Å². The third-order valence-electron chi connectivity index (χ3n) is 3.08. The van der Waals surface area contributed by atoms with Crippen LogP contribution in [0.4, 0.5) is 10.1 Å². The summed E-state index contributed by atoms with van der Waals surface area (Å²) in [7, 11) is 2.88. The lowest BCUT2D eigenvalue weighted by Crippen LogP contribution is -2.38. The van der Waals surface area contributed by atoms with Crippen LogP contribution in [0.3, 0.4) is 0 Å². The van der Waals surface area contributed by atoms with Gasteiger partial charge in [0, 0.05) is 14.2 Å². The number of amides is 1. The summed E-state index contributed by atoms with van der Waals surface area (Å²) >= 11 is 0. The quantitative estimate of drug-likeness (QED) is 0.609. The molecule has 0 saturated heterocycles. The van der Waals surface area contributed by atoms with Crippen molar-refractivity contribution in [3.63, 3.8) is 0 Å². The summed E-state index contributed by atoms with van der Waals surface area (Å²) in [6, 6.07) is 2.36. The Kier molecular flexibility index (Phi) is 3.64. The van der Waals surface area contributed by atoms with Gasteiger partial charge in [-0.1, -0.05) is 0 Å². The average molecular weight is 267 g/mol. The van der Waals surface area contributed by atoms with Crippen molar-refractivity contribution < 1.29 is 23.5 Å². The maximum Gasteiger partial charge on any atom is 0.299 e. The Morgan fingerprint density at radius 1 is 1.26 bits per heavy atom. The first-order valence-electron chi connectivity index (χ1n) is 5.71.